The van der Waals surface area contributed by atoms with E-state index in [0.29, 0.717) is 16.7 Å². The Hall–Kier alpha value is -3.53. The van der Waals surface area contributed by atoms with Crippen molar-refractivity contribution in [2.75, 3.05) is 0 Å². The second kappa shape index (κ2) is 6.41. The summed E-state index contributed by atoms with van der Waals surface area (Å²) in [6.07, 6.45) is 0. The topological polar surface area (TPSA) is 59.6 Å². The van der Waals surface area contributed by atoms with Crippen LogP contribution in [-0.4, -0.2) is 11.6 Å². The molecule has 4 aromatic rings. The third-order valence-corrected chi connectivity index (χ3v) is 4.29. The van der Waals surface area contributed by atoms with Gasteiger partial charge in [0, 0.05) is 17.3 Å². The molecule has 0 unspecified atom stereocenters. The minimum Gasteiger partial charge on any atom is -0.451 e. The van der Waals surface area contributed by atoms with Gasteiger partial charge >= 0.3 is 5.91 Å². The Bertz CT molecular complexity index is 1230. The molecule has 126 valence electrons. The van der Waals surface area contributed by atoms with Gasteiger partial charge in [0.2, 0.25) is 0 Å². The third-order valence-electron chi connectivity index (χ3n) is 4.29. The van der Waals surface area contributed by atoms with Gasteiger partial charge in [0.15, 0.2) is 11.2 Å². The zero-order chi connectivity index (χ0) is 18.1. The third kappa shape index (κ3) is 2.82. The summed E-state index contributed by atoms with van der Waals surface area (Å²) in [5.74, 6) is -0.633. The smallest absolute Gasteiger partial charge is 0.313 e. The first-order valence-corrected chi connectivity index (χ1v) is 8.24. The van der Waals surface area contributed by atoms with E-state index in [1.807, 2.05) is 42.5 Å². The van der Waals surface area contributed by atoms with Gasteiger partial charge in [-0.05, 0) is 29.8 Å². The summed E-state index contributed by atoms with van der Waals surface area (Å²) in [5.41, 5.74) is 1.57. The summed E-state index contributed by atoms with van der Waals surface area (Å²) in [5, 5.41) is 2.53. The summed E-state index contributed by atoms with van der Waals surface area (Å²) in [6.45, 7) is 1.78. The number of amides is 1. The van der Waals surface area contributed by atoms with E-state index in [-0.39, 0.29) is 11.2 Å². The Morgan fingerprint density at radius 3 is 2.42 bits per heavy atom. The Balaban J connectivity index is 1.78. The first-order chi connectivity index (χ1) is 12.6. The summed E-state index contributed by atoms with van der Waals surface area (Å²) < 4.78 is 5.57. The molecule has 1 aromatic heterocycles. The van der Waals surface area contributed by atoms with Gasteiger partial charge in [-0.3, -0.25) is 9.59 Å². The Morgan fingerprint density at radius 2 is 1.58 bits per heavy atom. The second-order valence-electron chi connectivity index (χ2n) is 6.00. The molecule has 0 saturated carbocycles. The molecule has 1 heterocycles. The lowest BCUT2D eigenvalue weighted by Crippen LogP contribution is -2.08. The molecule has 0 aliphatic carbocycles. The predicted octanol–water partition coefficient (Wildman–Crippen LogP) is 4.60. The van der Waals surface area contributed by atoms with Crippen LogP contribution in [0.3, 0.4) is 0 Å². The average Bonchev–Trinajstić information content (AvgIpc) is 2.67. The van der Waals surface area contributed by atoms with Gasteiger partial charge in [-0.15, -0.1) is 0 Å². The van der Waals surface area contributed by atoms with Crippen molar-refractivity contribution < 1.29 is 9.21 Å². The van der Waals surface area contributed by atoms with E-state index in [9.17, 15) is 9.59 Å². The van der Waals surface area contributed by atoms with E-state index in [2.05, 4.69) is 4.99 Å². The number of benzene rings is 3. The zero-order valence-electron chi connectivity index (χ0n) is 14.1. The number of hydrogen-bond donors (Lipinski definition) is 0. The zero-order valence-corrected chi connectivity index (χ0v) is 14.1. The summed E-state index contributed by atoms with van der Waals surface area (Å²) in [4.78, 5) is 28.9. The first kappa shape index (κ1) is 16.0. The van der Waals surface area contributed by atoms with Gasteiger partial charge in [-0.25, -0.2) is 4.99 Å². The fourth-order valence-corrected chi connectivity index (χ4v) is 3.02. The summed E-state index contributed by atoms with van der Waals surface area (Å²) in [7, 11) is 0. The lowest BCUT2D eigenvalue weighted by Gasteiger charge is -2.06. The van der Waals surface area contributed by atoms with Crippen LogP contribution < -0.4 is 5.43 Å². The lowest BCUT2D eigenvalue weighted by molar-refractivity contribution is 0.0977. The van der Waals surface area contributed by atoms with Crippen LogP contribution in [0.25, 0.3) is 21.7 Å². The van der Waals surface area contributed by atoms with Crippen LogP contribution in [-0.2, 0) is 0 Å². The van der Waals surface area contributed by atoms with Crippen LogP contribution in [0.4, 0.5) is 0 Å². The Labute approximate surface area is 149 Å². The van der Waals surface area contributed by atoms with Gasteiger partial charge in [-0.1, -0.05) is 54.6 Å². The number of fused-ring (bicyclic) bond motifs is 2. The number of carbonyl (C=O) groups is 1. The highest BCUT2D eigenvalue weighted by atomic mass is 16.3. The predicted molar refractivity (Wildman–Crippen MR) is 103 cm³/mol. The minimum atomic E-state index is -0.571. The average molecular weight is 341 g/mol. The van der Waals surface area contributed by atoms with Crippen molar-refractivity contribution in [1.29, 1.82) is 0 Å². The van der Waals surface area contributed by atoms with Crippen molar-refractivity contribution in [2.45, 2.75) is 6.92 Å². The summed E-state index contributed by atoms with van der Waals surface area (Å²) in [6, 6.07) is 21.8. The maximum absolute atomic E-state index is 12.5. The normalized spacial score (nSPS) is 11.8. The minimum absolute atomic E-state index is 0.0618. The molecule has 0 aliphatic rings. The first-order valence-electron chi connectivity index (χ1n) is 8.24. The molecule has 4 heteroatoms. The van der Waals surface area contributed by atoms with Crippen molar-refractivity contribution in [2.24, 2.45) is 4.99 Å². The van der Waals surface area contributed by atoms with E-state index in [1.54, 1.807) is 31.2 Å². The maximum Gasteiger partial charge on any atom is 0.313 e. The van der Waals surface area contributed by atoms with Crippen LogP contribution in [0.5, 0.6) is 0 Å². The molecule has 4 nitrogen and oxygen atoms in total. The molecule has 0 saturated heterocycles. The van der Waals surface area contributed by atoms with Crippen molar-refractivity contribution >= 4 is 33.4 Å². The van der Waals surface area contributed by atoms with Crippen molar-refractivity contribution in [3.63, 3.8) is 0 Å². The molecule has 0 radical (unpaired) electrons. The molecule has 26 heavy (non-hydrogen) atoms. The lowest BCUT2D eigenvalue weighted by atomic mass is 10.0. The van der Waals surface area contributed by atoms with E-state index in [4.69, 9.17) is 4.42 Å². The molecule has 3 aromatic carbocycles. The van der Waals surface area contributed by atoms with Gasteiger partial charge in [0.1, 0.15) is 5.58 Å². The number of carbonyl (C=O) groups excluding carboxylic acids is 1. The van der Waals surface area contributed by atoms with Crippen molar-refractivity contribution in [3.8, 4) is 0 Å². The number of rotatable bonds is 2. The van der Waals surface area contributed by atoms with Crippen LogP contribution in [0.15, 0.2) is 87.0 Å². The second-order valence-corrected chi connectivity index (χ2v) is 6.00. The highest BCUT2D eigenvalue weighted by molar-refractivity contribution is 6.14. The van der Waals surface area contributed by atoms with E-state index < -0.39 is 5.91 Å². The number of nitrogens with zero attached hydrogens (tertiary/aromatic N) is 1. The molecular formula is C22H15NO3. The van der Waals surface area contributed by atoms with Crippen molar-refractivity contribution in [1.82, 2.24) is 0 Å². The number of aliphatic imine (C=N–C) groups is 1. The highest BCUT2D eigenvalue weighted by Crippen LogP contribution is 2.20. The highest BCUT2D eigenvalue weighted by Gasteiger charge is 2.13. The van der Waals surface area contributed by atoms with Crippen LogP contribution >= 0.6 is 0 Å². The Kier molecular flexibility index (Phi) is 3.93. The number of hydrogen-bond acceptors (Lipinski definition) is 3. The fraction of sp³-hybridized carbons (Fsp3) is 0.0455. The molecule has 0 N–H and O–H groups in total. The molecule has 4 rings (SSSR count). The van der Waals surface area contributed by atoms with Crippen LogP contribution in [0, 0.1) is 0 Å². The molecular weight excluding hydrogens is 326 g/mol. The Morgan fingerprint density at radius 1 is 0.885 bits per heavy atom. The van der Waals surface area contributed by atoms with E-state index >= 15 is 0 Å². The van der Waals surface area contributed by atoms with Crippen LogP contribution in [0.2, 0.25) is 0 Å². The molecule has 0 aliphatic heterocycles. The van der Waals surface area contributed by atoms with Gasteiger partial charge < -0.3 is 4.42 Å². The molecule has 0 spiro atoms. The number of para-hydroxylation sites is 1. The standard InChI is InChI=1S/C22H15NO3/c1-14(16-11-6-8-15-7-2-3-9-17(15)16)23-22(25)21-13-19(24)18-10-4-5-12-20(18)26-21/h2-13H,1H3/b23-14+. The fourth-order valence-electron chi connectivity index (χ4n) is 3.02. The largest absolute Gasteiger partial charge is 0.451 e. The summed E-state index contributed by atoms with van der Waals surface area (Å²) >= 11 is 0. The van der Waals surface area contributed by atoms with Gasteiger partial charge in [-0.2, -0.15) is 0 Å². The molecule has 0 atom stereocenters. The molecule has 0 bridgehead atoms. The van der Waals surface area contributed by atoms with E-state index in [1.165, 1.54) is 6.07 Å². The maximum atomic E-state index is 12.5. The SMILES string of the molecule is C/C(=N\C(=O)c1cc(=O)c2ccccc2o1)c1cccc2ccccc12. The molecule has 1 amide bonds. The van der Waals surface area contributed by atoms with E-state index in [0.717, 1.165) is 16.3 Å². The van der Waals surface area contributed by atoms with Crippen LogP contribution in [0.1, 0.15) is 23.0 Å². The van der Waals surface area contributed by atoms with Crippen molar-refractivity contribution in [3.05, 3.63) is 94.3 Å². The van der Waals surface area contributed by atoms with Gasteiger partial charge in [0.25, 0.3) is 0 Å². The quantitative estimate of drug-likeness (QED) is 0.501. The monoisotopic (exact) mass is 341 g/mol. The molecule has 0 fully saturated rings. The van der Waals surface area contributed by atoms with Gasteiger partial charge in [0.05, 0.1) is 5.39 Å².